The largest absolute Gasteiger partial charge is 0.503 e. The number of hydrogen-bond acceptors (Lipinski definition) is 4. The van der Waals surface area contributed by atoms with Crippen LogP contribution in [0.25, 0.3) is 0 Å². The zero-order valence-corrected chi connectivity index (χ0v) is 11.1. The molecule has 94 valence electrons. The molecule has 4 N–H and O–H groups in total. The van der Waals surface area contributed by atoms with Gasteiger partial charge in [-0.15, -0.1) is 0 Å². The third kappa shape index (κ3) is 2.53. The smallest absolute Gasteiger partial charge is 0.312 e. The summed E-state index contributed by atoms with van der Waals surface area (Å²) in [5, 5.41) is 18.9. The van der Waals surface area contributed by atoms with E-state index in [1.54, 1.807) is 13.0 Å². The number of halogens is 1. The number of carboxylic acid groups (broad SMARTS) is 1. The van der Waals surface area contributed by atoms with Crippen LogP contribution in [0.5, 0.6) is 11.5 Å². The molecule has 0 amide bonds. The molecule has 17 heavy (non-hydrogen) atoms. The highest BCUT2D eigenvalue weighted by molar-refractivity contribution is 9.10. The molecular formula is C11H14BrNO4. The first-order valence-corrected chi connectivity index (χ1v) is 5.72. The van der Waals surface area contributed by atoms with E-state index in [0.29, 0.717) is 21.3 Å². The van der Waals surface area contributed by atoms with Crippen LogP contribution in [-0.4, -0.2) is 29.8 Å². The zero-order valence-electron chi connectivity index (χ0n) is 9.53. The van der Waals surface area contributed by atoms with E-state index in [1.807, 2.05) is 0 Å². The average Bonchev–Trinajstić information content (AvgIpc) is 2.28. The number of phenolic OH excluding ortho intramolecular Hbond substituents is 1. The molecule has 0 saturated heterocycles. The molecule has 5 nitrogen and oxygen atoms in total. The van der Waals surface area contributed by atoms with E-state index in [1.165, 1.54) is 7.11 Å². The zero-order chi connectivity index (χ0) is 13.2. The molecular weight excluding hydrogens is 290 g/mol. The molecule has 0 radical (unpaired) electrons. The SMILES string of the molecule is COc1cc(C)c(C(CN)C(=O)O)c(Br)c1O. The van der Waals surface area contributed by atoms with Crippen molar-refractivity contribution in [2.24, 2.45) is 5.73 Å². The molecule has 0 aromatic heterocycles. The minimum Gasteiger partial charge on any atom is -0.503 e. The fraction of sp³-hybridized carbons (Fsp3) is 0.364. The quantitative estimate of drug-likeness (QED) is 0.785. The van der Waals surface area contributed by atoms with Crippen LogP contribution < -0.4 is 10.5 Å². The Labute approximate surface area is 107 Å². The van der Waals surface area contributed by atoms with Gasteiger partial charge in [-0.2, -0.15) is 0 Å². The number of aromatic hydroxyl groups is 1. The minimum atomic E-state index is -1.03. The maximum atomic E-state index is 11.1. The lowest BCUT2D eigenvalue weighted by atomic mass is 9.94. The summed E-state index contributed by atoms with van der Waals surface area (Å²) in [4.78, 5) is 11.1. The standard InChI is InChI=1S/C11H14BrNO4/c1-5-3-7(17-2)10(14)9(12)8(5)6(4-13)11(15)16/h3,6,14H,4,13H2,1-2H3,(H,15,16). The first-order chi connectivity index (χ1) is 7.93. The maximum Gasteiger partial charge on any atom is 0.312 e. The van der Waals surface area contributed by atoms with E-state index in [2.05, 4.69) is 15.9 Å². The number of methoxy groups -OCH3 is 1. The van der Waals surface area contributed by atoms with Gasteiger partial charge >= 0.3 is 5.97 Å². The normalized spacial score (nSPS) is 12.2. The summed E-state index contributed by atoms with van der Waals surface area (Å²) in [6.07, 6.45) is 0. The van der Waals surface area contributed by atoms with Crippen LogP contribution in [0.4, 0.5) is 0 Å². The predicted molar refractivity (Wildman–Crippen MR) is 66.5 cm³/mol. The van der Waals surface area contributed by atoms with Crippen molar-refractivity contribution < 1.29 is 19.7 Å². The topological polar surface area (TPSA) is 92.8 Å². The van der Waals surface area contributed by atoms with Gasteiger partial charge in [-0.1, -0.05) is 0 Å². The van der Waals surface area contributed by atoms with Gasteiger partial charge in [0, 0.05) is 6.54 Å². The van der Waals surface area contributed by atoms with Gasteiger partial charge in [0.25, 0.3) is 0 Å². The van der Waals surface area contributed by atoms with Gasteiger partial charge in [-0.3, -0.25) is 4.79 Å². The number of hydrogen-bond donors (Lipinski definition) is 3. The van der Waals surface area contributed by atoms with Gasteiger partial charge in [0.1, 0.15) is 0 Å². The predicted octanol–water partition coefficient (Wildman–Crippen LogP) is 1.60. The third-order valence-corrected chi connectivity index (χ3v) is 3.36. The van der Waals surface area contributed by atoms with Crippen molar-refractivity contribution in [3.05, 3.63) is 21.7 Å². The van der Waals surface area contributed by atoms with Crippen molar-refractivity contribution >= 4 is 21.9 Å². The van der Waals surface area contributed by atoms with E-state index in [0.717, 1.165) is 0 Å². The van der Waals surface area contributed by atoms with Gasteiger partial charge in [-0.25, -0.2) is 0 Å². The highest BCUT2D eigenvalue weighted by atomic mass is 79.9. The molecule has 1 unspecified atom stereocenters. The average molecular weight is 304 g/mol. The Hall–Kier alpha value is -1.27. The lowest BCUT2D eigenvalue weighted by Crippen LogP contribution is -2.22. The first-order valence-electron chi connectivity index (χ1n) is 4.92. The second kappa shape index (κ2) is 5.37. The minimum absolute atomic E-state index is 0.0411. The Kier molecular flexibility index (Phi) is 4.36. The molecule has 0 aliphatic rings. The van der Waals surface area contributed by atoms with Crippen molar-refractivity contribution in [3.63, 3.8) is 0 Å². The van der Waals surface area contributed by atoms with Crippen LogP contribution in [-0.2, 0) is 4.79 Å². The van der Waals surface area contributed by atoms with Crippen molar-refractivity contribution in [2.45, 2.75) is 12.8 Å². The number of rotatable bonds is 4. The van der Waals surface area contributed by atoms with E-state index in [-0.39, 0.29) is 12.3 Å². The highest BCUT2D eigenvalue weighted by Gasteiger charge is 2.25. The van der Waals surface area contributed by atoms with Crippen LogP contribution in [0, 0.1) is 6.92 Å². The molecule has 0 saturated carbocycles. The van der Waals surface area contributed by atoms with E-state index in [4.69, 9.17) is 15.6 Å². The van der Waals surface area contributed by atoms with E-state index >= 15 is 0 Å². The van der Waals surface area contributed by atoms with Crippen LogP contribution in [0.1, 0.15) is 17.0 Å². The summed E-state index contributed by atoms with van der Waals surface area (Å²) in [7, 11) is 1.43. The van der Waals surface area contributed by atoms with Gasteiger partial charge in [0.05, 0.1) is 17.5 Å². The lowest BCUT2D eigenvalue weighted by molar-refractivity contribution is -0.138. The number of nitrogens with two attached hydrogens (primary N) is 1. The molecule has 0 spiro atoms. The molecule has 0 fully saturated rings. The second-order valence-corrected chi connectivity index (χ2v) is 4.39. The number of aliphatic carboxylic acids is 1. The highest BCUT2D eigenvalue weighted by Crippen LogP contribution is 2.41. The van der Waals surface area contributed by atoms with Crippen molar-refractivity contribution in [1.29, 1.82) is 0 Å². The number of benzene rings is 1. The number of carbonyl (C=O) groups is 1. The lowest BCUT2D eigenvalue weighted by Gasteiger charge is -2.18. The Morgan fingerprint density at radius 2 is 2.24 bits per heavy atom. The van der Waals surface area contributed by atoms with Crippen molar-refractivity contribution in [2.75, 3.05) is 13.7 Å². The van der Waals surface area contributed by atoms with Crippen LogP contribution in [0.15, 0.2) is 10.5 Å². The third-order valence-electron chi connectivity index (χ3n) is 2.55. The molecule has 0 aliphatic heterocycles. The summed E-state index contributed by atoms with van der Waals surface area (Å²) in [6.45, 7) is 1.70. The molecule has 1 aromatic rings. The molecule has 1 rings (SSSR count). The second-order valence-electron chi connectivity index (χ2n) is 3.60. The molecule has 1 aromatic carbocycles. The number of ether oxygens (including phenoxy) is 1. The maximum absolute atomic E-state index is 11.1. The number of carboxylic acids is 1. The fourth-order valence-electron chi connectivity index (χ4n) is 1.68. The van der Waals surface area contributed by atoms with E-state index < -0.39 is 11.9 Å². The summed E-state index contributed by atoms with van der Waals surface area (Å²) in [6, 6.07) is 1.58. The fourth-order valence-corrected chi connectivity index (χ4v) is 2.46. The Morgan fingerprint density at radius 3 is 2.65 bits per heavy atom. The van der Waals surface area contributed by atoms with Gasteiger partial charge < -0.3 is 20.7 Å². The van der Waals surface area contributed by atoms with Gasteiger partial charge in [0.2, 0.25) is 0 Å². The van der Waals surface area contributed by atoms with Crippen molar-refractivity contribution in [3.8, 4) is 11.5 Å². The molecule has 6 heteroatoms. The molecule has 0 aliphatic carbocycles. The van der Waals surface area contributed by atoms with Crippen LogP contribution >= 0.6 is 15.9 Å². The van der Waals surface area contributed by atoms with Crippen LogP contribution in [0.3, 0.4) is 0 Å². The Morgan fingerprint density at radius 1 is 1.65 bits per heavy atom. The molecule has 0 bridgehead atoms. The monoisotopic (exact) mass is 303 g/mol. The summed E-state index contributed by atoms with van der Waals surface area (Å²) in [5.41, 5.74) is 6.62. The molecule has 0 heterocycles. The van der Waals surface area contributed by atoms with Crippen LogP contribution in [0.2, 0.25) is 0 Å². The van der Waals surface area contributed by atoms with Gasteiger partial charge in [-0.05, 0) is 40.0 Å². The summed E-state index contributed by atoms with van der Waals surface area (Å²) < 4.78 is 5.29. The Balaban J connectivity index is 3.44. The number of phenols is 1. The molecule has 1 atom stereocenters. The Bertz CT molecular complexity index is 448. The van der Waals surface area contributed by atoms with E-state index in [9.17, 15) is 9.90 Å². The summed E-state index contributed by atoms with van der Waals surface area (Å²) >= 11 is 3.18. The number of aryl methyl sites for hydroxylation is 1. The summed E-state index contributed by atoms with van der Waals surface area (Å²) in [5.74, 6) is -1.71. The first kappa shape index (κ1) is 13.8. The van der Waals surface area contributed by atoms with Crippen molar-refractivity contribution in [1.82, 2.24) is 0 Å². The van der Waals surface area contributed by atoms with Gasteiger partial charge in [0.15, 0.2) is 11.5 Å².